The summed E-state index contributed by atoms with van der Waals surface area (Å²) < 4.78 is 18.2. The normalized spacial score (nSPS) is 13.5. The summed E-state index contributed by atoms with van der Waals surface area (Å²) in [7, 11) is 3.00. The molecule has 2 atom stereocenters. The number of benzene rings is 1. The van der Waals surface area contributed by atoms with Crippen molar-refractivity contribution in [3.63, 3.8) is 0 Å². The zero-order valence-corrected chi connectivity index (χ0v) is 12.2. The van der Waals surface area contributed by atoms with Crippen LogP contribution in [0.3, 0.4) is 0 Å². The van der Waals surface area contributed by atoms with Crippen LogP contribution in [0.1, 0.15) is 25.5 Å². The van der Waals surface area contributed by atoms with E-state index in [0.717, 1.165) is 5.56 Å². The van der Waals surface area contributed by atoms with E-state index < -0.39 is 5.82 Å². The lowest BCUT2D eigenvalue weighted by Crippen LogP contribution is -2.44. The molecule has 0 fully saturated rings. The first-order valence-electron chi connectivity index (χ1n) is 6.38. The molecular weight excluding hydrogens is 263 g/mol. The van der Waals surface area contributed by atoms with Gasteiger partial charge in [0.05, 0.1) is 25.8 Å². The molecule has 2 amide bonds. The molecule has 2 N–H and O–H groups in total. The molecule has 1 aromatic rings. The Labute approximate surface area is 118 Å². The van der Waals surface area contributed by atoms with Gasteiger partial charge < -0.3 is 20.1 Å². The van der Waals surface area contributed by atoms with Gasteiger partial charge in [-0.25, -0.2) is 9.18 Å². The SMILES string of the molecule is COc1cc(C(C)NC(=O)N(C)C(C)CO)ccc1F. The highest BCUT2D eigenvalue weighted by molar-refractivity contribution is 5.74. The van der Waals surface area contributed by atoms with Crippen molar-refractivity contribution in [2.45, 2.75) is 25.9 Å². The van der Waals surface area contributed by atoms with E-state index >= 15 is 0 Å². The molecule has 1 rings (SSSR count). The van der Waals surface area contributed by atoms with Crippen LogP contribution < -0.4 is 10.1 Å². The van der Waals surface area contributed by atoms with Crippen LogP contribution in [0.25, 0.3) is 0 Å². The largest absolute Gasteiger partial charge is 0.494 e. The number of aliphatic hydroxyl groups excluding tert-OH is 1. The third-order valence-electron chi connectivity index (χ3n) is 3.26. The Balaban J connectivity index is 2.76. The standard InChI is InChI=1S/C14H21FN2O3/c1-9(8-18)17(3)14(19)16-10(2)11-5-6-12(15)13(7-11)20-4/h5-7,9-10,18H,8H2,1-4H3,(H,16,19). The van der Waals surface area contributed by atoms with Gasteiger partial charge in [-0.3, -0.25) is 0 Å². The van der Waals surface area contributed by atoms with Gasteiger partial charge in [-0.05, 0) is 31.5 Å². The van der Waals surface area contributed by atoms with Crippen molar-refractivity contribution in [2.75, 3.05) is 20.8 Å². The van der Waals surface area contributed by atoms with Gasteiger partial charge >= 0.3 is 6.03 Å². The first kappa shape index (κ1) is 16.2. The van der Waals surface area contributed by atoms with E-state index in [-0.39, 0.29) is 30.5 Å². The fourth-order valence-corrected chi connectivity index (χ4v) is 1.64. The second-order valence-electron chi connectivity index (χ2n) is 4.71. The second-order valence-corrected chi connectivity index (χ2v) is 4.71. The molecule has 2 unspecified atom stereocenters. The van der Waals surface area contributed by atoms with Crippen molar-refractivity contribution in [3.05, 3.63) is 29.6 Å². The number of ether oxygens (including phenoxy) is 1. The van der Waals surface area contributed by atoms with Crippen LogP contribution >= 0.6 is 0 Å². The Bertz CT molecular complexity index is 468. The number of halogens is 1. The lowest BCUT2D eigenvalue weighted by atomic mass is 10.1. The molecule has 0 radical (unpaired) electrons. The summed E-state index contributed by atoms with van der Waals surface area (Å²) in [4.78, 5) is 13.4. The molecule has 0 aliphatic carbocycles. The van der Waals surface area contributed by atoms with E-state index in [9.17, 15) is 9.18 Å². The van der Waals surface area contributed by atoms with Gasteiger partial charge in [-0.1, -0.05) is 6.07 Å². The minimum atomic E-state index is -0.444. The summed E-state index contributed by atoms with van der Waals surface area (Å²) in [6, 6.07) is 3.57. The summed E-state index contributed by atoms with van der Waals surface area (Å²) in [5, 5.41) is 11.8. The molecule has 112 valence electrons. The van der Waals surface area contributed by atoms with Gasteiger partial charge in [-0.15, -0.1) is 0 Å². The summed E-state index contributed by atoms with van der Waals surface area (Å²) in [6.45, 7) is 3.43. The topological polar surface area (TPSA) is 61.8 Å². The van der Waals surface area contributed by atoms with E-state index in [4.69, 9.17) is 9.84 Å². The van der Waals surface area contributed by atoms with E-state index in [1.165, 1.54) is 18.1 Å². The molecule has 6 heteroatoms. The average molecular weight is 284 g/mol. The molecule has 0 aromatic heterocycles. The number of nitrogens with one attached hydrogen (secondary N) is 1. The number of carbonyl (C=O) groups is 1. The number of amides is 2. The number of rotatable bonds is 5. The van der Waals surface area contributed by atoms with Gasteiger partial charge in [0.2, 0.25) is 0 Å². The van der Waals surface area contributed by atoms with Crippen LogP contribution in [0.4, 0.5) is 9.18 Å². The molecule has 20 heavy (non-hydrogen) atoms. The lowest BCUT2D eigenvalue weighted by Gasteiger charge is -2.26. The number of urea groups is 1. The van der Waals surface area contributed by atoms with E-state index in [1.54, 1.807) is 33.0 Å². The molecular formula is C14H21FN2O3. The maximum Gasteiger partial charge on any atom is 0.317 e. The monoisotopic (exact) mass is 284 g/mol. The molecule has 0 spiro atoms. The fourth-order valence-electron chi connectivity index (χ4n) is 1.64. The predicted octanol–water partition coefficient (Wildman–Crippen LogP) is 1.92. The Morgan fingerprint density at radius 1 is 1.50 bits per heavy atom. The Morgan fingerprint density at radius 3 is 2.70 bits per heavy atom. The van der Waals surface area contributed by atoms with Crippen molar-refractivity contribution < 1.29 is 19.0 Å². The molecule has 0 aliphatic rings. The Hall–Kier alpha value is -1.82. The number of likely N-dealkylation sites (N-methyl/N-ethyl adjacent to an activating group) is 1. The summed E-state index contributed by atoms with van der Waals surface area (Å²) in [5.74, 6) is -0.304. The minimum Gasteiger partial charge on any atom is -0.494 e. The van der Waals surface area contributed by atoms with Crippen LogP contribution in [0.2, 0.25) is 0 Å². The number of methoxy groups -OCH3 is 1. The minimum absolute atomic E-state index is 0.108. The molecule has 0 saturated heterocycles. The van der Waals surface area contributed by atoms with Crippen molar-refractivity contribution in [2.24, 2.45) is 0 Å². The summed E-state index contributed by atoms with van der Waals surface area (Å²) >= 11 is 0. The van der Waals surface area contributed by atoms with Crippen LogP contribution in [0.5, 0.6) is 5.75 Å². The summed E-state index contributed by atoms with van der Waals surface area (Å²) in [5.41, 5.74) is 0.738. The zero-order valence-electron chi connectivity index (χ0n) is 12.2. The van der Waals surface area contributed by atoms with E-state index in [2.05, 4.69) is 5.32 Å². The molecule has 0 heterocycles. The number of nitrogens with zero attached hydrogens (tertiary/aromatic N) is 1. The first-order chi connectivity index (χ1) is 9.40. The highest BCUT2D eigenvalue weighted by atomic mass is 19.1. The molecule has 5 nitrogen and oxygen atoms in total. The zero-order chi connectivity index (χ0) is 15.3. The van der Waals surface area contributed by atoms with Crippen LogP contribution in [-0.4, -0.2) is 42.8 Å². The van der Waals surface area contributed by atoms with Crippen LogP contribution in [0.15, 0.2) is 18.2 Å². The van der Waals surface area contributed by atoms with E-state index in [1.807, 2.05) is 0 Å². The molecule has 0 bridgehead atoms. The maximum absolute atomic E-state index is 13.3. The highest BCUT2D eigenvalue weighted by Crippen LogP contribution is 2.22. The third kappa shape index (κ3) is 3.84. The number of carbonyl (C=O) groups excluding carboxylic acids is 1. The maximum atomic E-state index is 13.3. The van der Waals surface area contributed by atoms with Crippen molar-refractivity contribution in [1.29, 1.82) is 0 Å². The van der Waals surface area contributed by atoms with Crippen molar-refractivity contribution >= 4 is 6.03 Å². The Morgan fingerprint density at radius 2 is 2.15 bits per heavy atom. The van der Waals surface area contributed by atoms with Gasteiger partial charge in [0.1, 0.15) is 0 Å². The van der Waals surface area contributed by atoms with Crippen LogP contribution in [-0.2, 0) is 0 Å². The number of hydrogen-bond acceptors (Lipinski definition) is 3. The molecule has 0 aliphatic heterocycles. The highest BCUT2D eigenvalue weighted by Gasteiger charge is 2.18. The van der Waals surface area contributed by atoms with Crippen molar-refractivity contribution in [1.82, 2.24) is 10.2 Å². The number of aliphatic hydroxyl groups is 1. The Kier molecular flexibility index (Phi) is 5.76. The first-order valence-corrected chi connectivity index (χ1v) is 6.38. The lowest BCUT2D eigenvalue weighted by molar-refractivity contribution is 0.155. The second kappa shape index (κ2) is 7.09. The smallest absolute Gasteiger partial charge is 0.317 e. The predicted molar refractivity (Wildman–Crippen MR) is 74.2 cm³/mol. The van der Waals surface area contributed by atoms with Gasteiger partial charge in [0.25, 0.3) is 0 Å². The average Bonchev–Trinajstić information content (AvgIpc) is 2.45. The number of hydrogen-bond donors (Lipinski definition) is 2. The fraction of sp³-hybridized carbons (Fsp3) is 0.500. The quantitative estimate of drug-likeness (QED) is 0.868. The van der Waals surface area contributed by atoms with E-state index in [0.29, 0.717) is 0 Å². The molecule has 0 saturated carbocycles. The van der Waals surface area contributed by atoms with Crippen molar-refractivity contribution in [3.8, 4) is 5.75 Å². The van der Waals surface area contributed by atoms with Gasteiger partial charge in [-0.2, -0.15) is 0 Å². The third-order valence-corrected chi connectivity index (χ3v) is 3.26. The summed E-state index contributed by atoms with van der Waals surface area (Å²) in [6.07, 6.45) is 0. The molecule has 1 aromatic carbocycles. The van der Waals surface area contributed by atoms with Gasteiger partial charge in [0, 0.05) is 7.05 Å². The van der Waals surface area contributed by atoms with Crippen LogP contribution in [0, 0.1) is 5.82 Å². The van der Waals surface area contributed by atoms with Gasteiger partial charge in [0.15, 0.2) is 11.6 Å².